The van der Waals surface area contributed by atoms with E-state index < -0.39 is 20.9 Å². The molecular weight excluding hydrogens is 508 g/mol. The summed E-state index contributed by atoms with van der Waals surface area (Å²) in [5.74, 6) is -0.0929. The number of unbranched alkanes of at least 4 members (excludes halogenated alkanes) is 1. The fourth-order valence-corrected chi connectivity index (χ4v) is 8.16. The molecule has 2 atom stereocenters. The minimum absolute atomic E-state index is 0.0929. The van der Waals surface area contributed by atoms with Crippen LogP contribution in [-0.4, -0.2) is 67.6 Å². The standard InChI is InChI=1S/C32H38N2O4S/c1-3-4-22-38-30(35)34-29-20-21-31(34,25-39(2,36)37)24-33(23-29)32(26-14-8-5-9-15-26,27-16-10-6-11-17-27)28-18-12-7-13-19-28/h5-19,29H,3-4,20-25H2,1-2H3. The number of likely N-dealkylation sites (tertiary alicyclic amines) is 1. The molecule has 6 nitrogen and oxygen atoms in total. The number of benzene rings is 3. The Bertz CT molecular complexity index is 1270. The fourth-order valence-electron chi connectivity index (χ4n) is 6.81. The molecule has 2 saturated heterocycles. The minimum atomic E-state index is -3.40. The van der Waals surface area contributed by atoms with Gasteiger partial charge < -0.3 is 4.74 Å². The van der Waals surface area contributed by atoms with Crippen molar-refractivity contribution in [1.82, 2.24) is 9.80 Å². The molecule has 1 amide bonds. The molecule has 0 N–H and O–H groups in total. The number of ether oxygens (including phenoxy) is 1. The van der Waals surface area contributed by atoms with E-state index in [1.54, 1.807) is 4.90 Å². The summed E-state index contributed by atoms with van der Waals surface area (Å²) in [6, 6.07) is 31.1. The van der Waals surface area contributed by atoms with Crippen molar-refractivity contribution >= 4 is 15.9 Å². The maximum absolute atomic E-state index is 13.5. The van der Waals surface area contributed by atoms with E-state index in [9.17, 15) is 13.2 Å². The minimum Gasteiger partial charge on any atom is -0.449 e. The van der Waals surface area contributed by atoms with Crippen LogP contribution >= 0.6 is 0 Å². The number of fused-ring (bicyclic) bond motifs is 2. The van der Waals surface area contributed by atoms with E-state index in [0.29, 0.717) is 26.1 Å². The molecule has 0 spiro atoms. The summed E-state index contributed by atoms with van der Waals surface area (Å²) >= 11 is 0. The van der Waals surface area contributed by atoms with E-state index in [-0.39, 0.29) is 17.9 Å². The lowest BCUT2D eigenvalue weighted by Gasteiger charge is -2.55. The molecule has 2 heterocycles. The normalized spacial score (nSPS) is 21.6. The molecule has 3 aromatic rings. The molecule has 39 heavy (non-hydrogen) atoms. The molecule has 7 heteroatoms. The highest BCUT2D eigenvalue weighted by molar-refractivity contribution is 7.90. The second-order valence-corrected chi connectivity index (χ2v) is 13.2. The smallest absolute Gasteiger partial charge is 0.410 e. The van der Waals surface area contributed by atoms with Crippen LogP contribution in [-0.2, 0) is 20.1 Å². The lowest BCUT2D eigenvalue weighted by molar-refractivity contribution is -0.0199. The largest absolute Gasteiger partial charge is 0.449 e. The van der Waals surface area contributed by atoms with Crippen molar-refractivity contribution in [2.45, 2.75) is 49.7 Å². The Hall–Kier alpha value is -3.16. The Balaban J connectivity index is 1.68. The van der Waals surface area contributed by atoms with Crippen LogP contribution in [0.5, 0.6) is 0 Å². The van der Waals surface area contributed by atoms with Crippen molar-refractivity contribution in [3.8, 4) is 0 Å². The van der Waals surface area contributed by atoms with Gasteiger partial charge in [0.1, 0.15) is 9.84 Å². The van der Waals surface area contributed by atoms with Crippen LogP contribution < -0.4 is 0 Å². The van der Waals surface area contributed by atoms with Gasteiger partial charge in [0.2, 0.25) is 0 Å². The van der Waals surface area contributed by atoms with Crippen molar-refractivity contribution in [3.05, 3.63) is 108 Å². The summed E-state index contributed by atoms with van der Waals surface area (Å²) < 4.78 is 31.4. The SMILES string of the molecule is CCCCOC(=O)N1C2CCC1(CS(C)(=O)=O)CN(C(c1ccccc1)(c1ccccc1)c1ccccc1)C2. The van der Waals surface area contributed by atoms with Gasteiger partial charge in [-0.25, -0.2) is 13.2 Å². The van der Waals surface area contributed by atoms with E-state index in [4.69, 9.17) is 4.74 Å². The number of nitrogens with zero attached hydrogens (tertiary/aromatic N) is 2. The average molecular weight is 547 g/mol. The molecule has 0 radical (unpaired) electrons. The maximum atomic E-state index is 13.5. The lowest BCUT2D eigenvalue weighted by atomic mass is 9.74. The van der Waals surface area contributed by atoms with Gasteiger partial charge in [0.25, 0.3) is 0 Å². The van der Waals surface area contributed by atoms with Gasteiger partial charge >= 0.3 is 6.09 Å². The third-order valence-electron chi connectivity index (χ3n) is 8.24. The third kappa shape index (κ3) is 5.22. The highest BCUT2D eigenvalue weighted by Gasteiger charge is 2.59. The van der Waals surface area contributed by atoms with Gasteiger partial charge in [0.05, 0.1) is 23.4 Å². The highest BCUT2D eigenvalue weighted by Crippen LogP contribution is 2.49. The van der Waals surface area contributed by atoms with E-state index in [1.807, 2.05) is 18.2 Å². The van der Waals surface area contributed by atoms with E-state index in [2.05, 4.69) is 84.6 Å². The second kappa shape index (κ2) is 11.1. The Morgan fingerprint density at radius 2 is 1.44 bits per heavy atom. The van der Waals surface area contributed by atoms with Crippen LogP contribution in [0.15, 0.2) is 91.0 Å². The predicted molar refractivity (Wildman–Crippen MR) is 154 cm³/mol. The summed E-state index contributed by atoms with van der Waals surface area (Å²) in [5.41, 5.74) is 1.78. The molecule has 2 fully saturated rings. The number of sulfone groups is 1. The summed E-state index contributed by atoms with van der Waals surface area (Å²) in [6.07, 6.45) is 3.95. The molecule has 3 aromatic carbocycles. The summed E-state index contributed by atoms with van der Waals surface area (Å²) in [5, 5.41) is 0. The molecule has 2 unspecified atom stereocenters. The highest BCUT2D eigenvalue weighted by atomic mass is 32.2. The second-order valence-electron chi connectivity index (χ2n) is 11.0. The van der Waals surface area contributed by atoms with E-state index >= 15 is 0 Å². The number of amides is 1. The van der Waals surface area contributed by atoms with Gasteiger partial charge in [-0.3, -0.25) is 9.80 Å². The maximum Gasteiger partial charge on any atom is 0.410 e. The number of piperazine rings is 1. The van der Waals surface area contributed by atoms with Crippen LogP contribution in [0.1, 0.15) is 49.3 Å². The van der Waals surface area contributed by atoms with Crippen LogP contribution in [0.4, 0.5) is 4.79 Å². The molecule has 0 saturated carbocycles. The zero-order chi connectivity index (χ0) is 27.5. The number of hydrogen-bond acceptors (Lipinski definition) is 5. The first-order valence-corrected chi connectivity index (χ1v) is 15.9. The molecule has 206 valence electrons. The van der Waals surface area contributed by atoms with Gasteiger partial charge in [-0.15, -0.1) is 0 Å². The number of hydrogen-bond donors (Lipinski definition) is 0. The molecule has 0 aromatic heterocycles. The van der Waals surface area contributed by atoms with Crippen LogP contribution in [0.2, 0.25) is 0 Å². The van der Waals surface area contributed by atoms with Crippen molar-refractivity contribution in [2.24, 2.45) is 0 Å². The zero-order valence-electron chi connectivity index (χ0n) is 22.8. The molecule has 2 bridgehead atoms. The van der Waals surface area contributed by atoms with Crippen molar-refractivity contribution < 1.29 is 17.9 Å². The Morgan fingerprint density at radius 3 is 1.90 bits per heavy atom. The molecule has 5 rings (SSSR count). The number of carbonyl (C=O) groups excluding carboxylic acids is 1. The summed E-state index contributed by atoms with van der Waals surface area (Å²) in [4.78, 5) is 17.7. The van der Waals surface area contributed by atoms with Crippen molar-refractivity contribution in [1.29, 1.82) is 0 Å². The number of rotatable bonds is 9. The van der Waals surface area contributed by atoms with E-state index in [0.717, 1.165) is 36.0 Å². The van der Waals surface area contributed by atoms with Gasteiger partial charge in [0, 0.05) is 25.4 Å². The van der Waals surface area contributed by atoms with Gasteiger partial charge in [0.15, 0.2) is 0 Å². The first-order chi connectivity index (χ1) is 18.8. The Labute approximate surface area is 232 Å². The van der Waals surface area contributed by atoms with Crippen molar-refractivity contribution in [3.63, 3.8) is 0 Å². The van der Waals surface area contributed by atoms with Crippen LogP contribution in [0.25, 0.3) is 0 Å². The zero-order valence-corrected chi connectivity index (χ0v) is 23.6. The fraction of sp³-hybridized carbons (Fsp3) is 0.406. The monoisotopic (exact) mass is 546 g/mol. The van der Waals surface area contributed by atoms with Crippen LogP contribution in [0.3, 0.4) is 0 Å². The molecule has 0 aliphatic carbocycles. The quantitative estimate of drug-likeness (QED) is 0.263. The lowest BCUT2D eigenvalue weighted by Crippen LogP contribution is -2.69. The summed E-state index contributed by atoms with van der Waals surface area (Å²) in [6.45, 7) is 3.42. The average Bonchev–Trinajstić information content (AvgIpc) is 3.16. The van der Waals surface area contributed by atoms with E-state index in [1.165, 1.54) is 6.26 Å². The van der Waals surface area contributed by atoms with Gasteiger partial charge in [-0.05, 0) is 36.0 Å². The first kappa shape index (κ1) is 27.4. The van der Waals surface area contributed by atoms with Crippen LogP contribution in [0, 0.1) is 0 Å². The van der Waals surface area contributed by atoms with Gasteiger partial charge in [-0.1, -0.05) is 104 Å². The van der Waals surface area contributed by atoms with Crippen molar-refractivity contribution in [2.75, 3.05) is 31.7 Å². The topological polar surface area (TPSA) is 66.9 Å². The molecule has 2 aliphatic rings. The Morgan fingerprint density at radius 1 is 0.923 bits per heavy atom. The third-order valence-corrected chi connectivity index (χ3v) is 9.30. The molecular formula is C32H38N2O4S. The first-order valence-electron chi connectivity index (χ1n) is 13.9. The summed E-state index contributed by atoms with van der Waals surface area (Å²) in [7, 11) is -3.40. The molecule has 2 aliphatic heterocycles. The predicted octanol–water partition coefficient (Wildman–Crippen LogP) is 5.48. The number of carbonyl (C=O) groups is 1. The van der Waals surface area contributed by atoms with Gasteiger partial charge in [-0.2, -0.15) is 0 Å². The Kier molecular flexibility index (Phi) is 7.83.